The van der Waals surface area contributed by atoms with Gasteiger partial charge in [-0.15, -0.1) is 0 Å². The van der Waals surface area contributed by atoms with Gasteiger partial charge in [0.2, 0.25) is 0 Å². The number of benzene rings is 1. The predicted molar refractivity (Wildman–Crippen MR) is 120 cm³/mol. The SMILES string of the molecule is COc1cc(OC)c(Cl)c(-c2cc3cnc(C)cc3c(N3CCC(OC)C3)n2)c1C. The van der Waals surface area contributed by atoms with E-state index in [1.807, 2.05) is 26.1 Å². The molecule has 1 unspecified atom stereocenters. The summed E-state index contributed by atoms with van der Waals surface area (Å²) in [6.45, 7) is 5.67. The average molecular weight is 428 g/mol. The van der Waals surface area contributed by atoms with Gasteiger partial charge in [0.1, 0.15) is 17.3 Å². The number of pyridine rings is 2. The normalized spacial score (nSPS) is 16.3. The van der Waals surface area contributed by atoms with Crippen molar-refractivity contribution in [2.75, 3.05) is 39.3 Å². The van der Waals surface area contributed by atoms with Crippen molar-refractivity contribution in [1.82, 2.24) is 9.97 Å². The molecule has 0 spiro atoms. The van der Waals surface area contributed by atoms with E-state index < -0.39 is 0 Å². The zero-order valence-electron chi connectivity index (χ0n) is 18.0. The van der Waals surface area contributed by atoms with Crippen molar-refractivity contribution in [3.8, 4) is 22.8 Å². The van der Waals surface area contributed by atoms with Crippen molar-refractivity contribution in [1.29, 1.82) is 0 Å². The number of hydrogen-bond acceptors (Lipinski definition) is 6. The molecular formula is C23H26ClN3O3. The molecule has 1 saturated heterocycles. The van der Waals surface area contributed by atoms with Crippen LogP contribution < -0.4 is 14.4 Å². The maximum Gasteiger partial charge on any atom is 0.141 e. The van der Waals surface area contributed by atoms with Crippen LogP contribution >= 0.6 is 11.6 Å². The second kappa shape index (κ2) is 8.28. The number of fused-ring (bicyclic) bond motifs is 1. The lowest BCUT2D eigenvalue weighted by atomic mass is 10.0. The summed E-state index contributed by atoms with van der Waals surface area (Å²) in [6, 6.07) is 5.92. The second-order valence-corrected chi connectivity index (χ2v) is 7.94. The van der Waals surface area contributed by atoms with Gasteiger partial charge in [0.15, 0.2) is 0 Å². The molecule has 0 bridgehead atoms. The monoisotopic (exact) mass is 427 g/mol. The molecule has 30 heavy (non-hydrogen) atoms. The molecule has 7 heteroatoms. The Bertz CT molecular complexity index is 1070. The lowest BCUT2D eigenvalue weighted by Crippen LogP contribution is -2.23. The van der Waals surface area contributed by atoms with Crippen LogP contribution in [0.5, 0.6) is 11.5 Å². The van der Waals surface area contributed by atoms with E-state index in [-0.39, 0.29) is 6.10 Å². The predicted octanol–water partition coefficient (Wildman–Crippen LogP) is 4.81. The van der Waals surface area contributed by atoms with Gasteiger partial charge in [-0.2, -0.15) is 0 Å². The number of anilines is 1. The molecule has 158 valence electrons. The summed E-state index contributed by atoms with van der Waals surface area (Å²) in [5, 5.41) is 2.61. The van der Waals surface area contributed by atoms with E-state index in [4.69, 9.17) is 30.8 Å². The largest absolute Gasteiger partial charge is 0.496 e. The maximum absolute atomic E-state index is 6.74. The number of ether oxygens (including phenoxy) is 3. The number of aromatic nitrogens is 2. The third-order valence-electron chi connectivity index (χ3n) is 5.75. The first-order valence-electron chi connectivity index (χ1n) is 9.93. The Morgan fingerprint density at radius 1 is 1.07 bits per heavy atom. The Kier molecular flexibility index (Phi) is 5.71. The summed E-state index contributed by atoms with van der Waals surface area (Å²) >= 11 is 6.74. The summed E-state index contributed by atoms with van der Waals surface area (Å²) in [5.41, 5.74) is 3.44. The number of aryl methyl sites for hydroxylation is 1. The minimum atomic E-state index is 0.204. The number of nitrogens with zero attached hydrogens (tertiary/aromatic N) is 3. The first-order chi connectivity index (χ1) is 14.5. The van der Waals surface area contributed by atoms with Crippen LogP contribution in [0, 0.1) is 13.8 Å². The summed E-state index contributed by atoms with van der Waals surface area (Å²) in [6.07, 6.45) is 3.07. The molecule has 0 amide bonds. The number of hydrogen-bond donors (Lipinski definition) is 0. The highest BCUT2D eigenvalue weighted by Gasteiger charge is 2.26. The van der Waals surface area contributed by atoms with Crippen molar-refractivity contribution in [3.05, 3.63) is 40.7 Å². The summed E-state index contributed by atoms with van der Waals surface area (Å²) in [7, 11) is 5.00. The standard InChI is InChI=1S/C23H26ClN3O3/c1-13-8-17-15(11-25-13)9-18(26-23(17)27-7-6-16(12-27)28-3)21-14(2)19(29-4)10-20(30-5)22(21)24/h8-11,16H,6-7,12H2,1-5H3. The van der Waals surface area contributed by atoms with E-state index in [1.165, 1.54) is 0 Å². The Morgan fingerprint density at radius 3 is 2.50 bits per heavy atom. The first kappa shape index (κ1) is 20.7. The summed E-state index contributed by atoms with van der Waals surface area (Å²) in [4.78, 5) is 11.9. The molecule has 1 aliphatic rings. The van der Waals surface area contributed by atoms with Gasteiger partial charge in [0.25, 0.3) is 0 Å². The molecule has 1 aliphatic heterocycles. The van der Waals surface area contributed by atoms with Crippen molar-refractivity contribution >= 4 is 28.2 Å². The Hall–Kier alpha value is -2.57. The van der Waals surface area contributed by atoms with Crippen LogP contribution in [0.2, 0.25) is 5.02 Å². The van der Waals surface area contributed by atoms with Gasteiger partial charge in [-0.1, -0.05) is 11.6 Å². The van der Waals surface area contributed by atoms with Gasteiger partial charge in [-0.25, -0.2) is 4.98 Å². The Balaban J connectivity index is 1.97. The summed E-state index contributed by atoms with van der Waals surface area (Å²) < 4.78 is 16.6. The summed E-state index contributed by atoms with van der Waals surface area (Å²) in [5.74, 6) is 2.18. The van der Waals surface area contributed by atoms with Crippen LogP contribution in [0.4, 0.5) is 5.82 Å². The number of rotatable bonds is 5. The van der Waals surface area contributed by atoms with Gasteiger partial charge in [-0.3, -0.25) is 4.98 Å². The third-order valence-corrected chi connectivity index (χ3v) is 6.12. The topological polar surface area (TPSA) is 56.7 Å². The quantitative estimate of drug-likeness (QED) is 0.582. The zero-order valence-corrected chi connectivity index (χ0v) is 18.7. The van der Waals surface area contributed by atoms with E-state index in [2.05, 4.69) is 16.0 Å². The highest BCUT2D eigenvalue weighted by atomic mass is 35.5. The van der Waals surface area contributed by atoms with E-state index in [0.717, 1.165) is 58.6 Å². The molecule has 0 radical (unpaired) electrons. The van der Waals surface area contributed by atoms with E-state index in [9.17, 15) is 0 Å². The van der Waals surface area contributed by atoms with Crippen LogP contribution in [0.1, 0.15) is 17.7 Å². The minimum absolute atomic E-state index is 0.204. The van der Waals surface area contributed by atoms with Crippen LogP contribution in [0.25, 0.3) is 22.0 Å². The van der Waals surface area contributed by atoms with Gasteiger partial charge >= 0.3 is 0 Å². The highest BCUT2D eigenvalue weighted by molar-refractivity contribution is 6.35. The molecular weight excluding hydrogens is 402 g/mol. The third kappa shape index (κ3) is 3.55. The fourth-order valence-electron chi connectivity index (χ4n) is 4.08. The second-order valence-electron chi connectivity index (χ2n) is 7.57. The fourth-order valence-corrected chi connectivity index (χ4v) is 4.45. The van der Waals surface area contributed by atoms with Gasteiger partial charge in [0.05, 0.1) is 31.0 Å². The first-order valence-corrected chi connectivity index (χ1v) is 10.3. The van der Waals surface area contributed by atoms with Crippen LogP contribution in [0.3, 0.4) is 0 Å². The van der Waals surface area contributed by atoms with Crippen molar-refractivity contribution in [3.63, 3.8) is 0 Å². The van der Waals surface area contributed by atoms with Crippen molar-refractivity contribution in [2.24, 2.45) is 0 Å². The van der Waals surface area contributed by atoms with E-state index in [0.29, 0.717) is 16.5 Å². The average Bonchev–Trinajstić information content (AvgIpc) is 3.23. The molecule has 4 rings (SSSR count). The lowest BCUT2D eigenvalue weighted by molar-refractivity contribution is 0.121. The van der Waals surface area contributed by atoms with Crippen LogP contribution in [0.15, 0.2) is 24.4 Å². The van der Waals surface area contributed by atoms with Crippen molar-refractivity contribution in [2.45, 2.75) is 26.4 Å². The van der Waals surface area contributed by atoms with Crippen LogP contribution in [-0.2, 0) is 4.74 Å². The van der Waals surface area contributed by atoms with Crippen LogP contribution in [-0.4, -0.2) is 50.5 Å². The fraction of sp³-hybridized carbons (Fsp3) is 0.391. The molecule has 0 N–H and O–H groups in total. The maximum atomic E-state index is 6.74. The van der Waals surface area contributed by atoms with E-state index >= 15 is 0 Å². The minimum Gasteiger partial charge on any atom is -0.496 e. The molecule has 0 aliphatic carbocycles. The Labute approximate surface area is 181 Å². The lowest BCUT2D eigenvalue weighted by Gasteiger charge is -2.22. The molecule has 6 nitrogen and oxygen atoms in total. The number of methoxy groups -OCH3 is 3. The molecule has 0 saturated carbocycles. The zero-order chi connectivity index (χ0) is 21.4. The van der Waals surface area contributed by atoms with Crippen molar-refractivity contribution < 1.29 is 14.2 Å². The number of halogens is 1. The molecule has 3 heterocycles. The van der Waals surface area contributed by atoms with Gasteiger partial charge in [-0.05, 0) is 32.4 Å². The van der Waals surface area contributed by atoms with Gasteiger partial charge < -0.3 is 19.1 Å². The Morgan fingerprint density at radius 2 is 1.83 bits per heavy atom. The molecule has 1 atom stereocenters. The van der Waals surface area contributed by atoms with E-state index in [1.54, 1.807) is 27.4 Å². The molecule has 1 aromatic carbocycles. The molecule has 1 fully saturated rings. The molecule has 2 aromatic heterocycles. The molecule has 3 aromatic rings. The highest BCUT2D eigenvalue weighted by Crippen LogP contribution is 2.43. The smallest absolute Gasteiger partial charge is 0.141 e. The van der Waals surface area contributed by atoms with Gasteiger partial charge in [0, 0.05) is 60.1 Å².